The number of nitrogens with one attached hydrogen (secondary N) is 1. The van der Waals surface area contributed by atoms with Crippen LogP contribution in [-0.4, -0.2) is 31.4 Å². The average molecular weight is 436 g/mol. The predicted molar refractivity (Wildman–Crippen MR) is 122 cm³/mol. The van der Waals surface area contributed by atoms with E-state index in [0.29, 0.717) is 6.54 Å². The maximum atomic E-state index is 12.5. The summed E-state index contributed by atoms with van der Waals surface area (Å²) in [6.45, 7) is 4.58. The summed E-state index contributed by atoms with van der Waals surface area (Å²) in [5.41, 5.74) is 3.84. The Kier molecular flexibility index (Phi) is 6.25. The van der Waals surface area contributed by atoms with E-state index in [4.69, 9.17) is 0 Å². The maximum Gasteiger partial charge on any atom is 0.234 e. The molecule has 0 aliphatic carbocycles. The number of amides is 1. The number of carbonyl (C=O) groups excluding carboxylic acids is 1. The van der Waals surface area contributed by atoms with Crippen LogP contribution in [0.4, 0.5) is 5.69 Å². The van der Waals surface area contributed by atoms with Crippen molar-refractivity contribution in [1.82, 2.24) is 19.7 Å². The van der Waals surface area contributed by atoms with E-state index in [1.165, 1.54) is 17.3 Å². The number of carbonyl (C=O) groups is 1. The van der Waals surface area contributed by atoms with Crippen molar-refractivity contribution < 1.29 is 4.79 Å². The number of hydrogen-bond donors (Lipinski definition) is 1. The van der Waals surface area contributed by atoms with E-state index in [9.17, 15) is 4.79 Å². The molecule has 2 aromatic heterocycles. The molecule has 0 saturated heterocycles. The lowest BCUT2D eigenvalue weighted by atomic mass is 10.1. The van der Waals surface area contributed by atoms with Gasteiger partial charge < -0.3 is 9.88 Å². The monoisotopic (exact) mass is 435 g/mol. The smallest absolute Gasteiger partial charge is 0.234 e. The zero-order chi connectivity index (χ0) is 20.9. The first kappa shape index (κ1) is 20.3. The molecule has 1 N–H and O–H groups in total. The number of nitrogens with zero attached hydrogens (tertiary/aromatic N) is 4. The van der Waals surface area contributed by atoms with Gasteiger partial charge in [-0.15, -0.1) is 21.5 Å². The number of benzene rings is 2. The number of anilines is 1. The molecule has 152 valence electrons. The van der Waals surface area contributed by atoms with Crippen molar-refractivity contribution in [1.29, 1.82) is 0 Å². The highest BCUT2D eigenvalue weighted by atomic mass is 32.2. The van der Waals surface area contributed by atoms with Crippen molar-refractivity contribution in [3.63, 3.8) is 0 Å². The van der Waals surface area contributed by atoms with Crippen LogP contribution in [0.25, 0.3) is 11.3 Å². The molecule has 0 bridgehead atoms. The van der Waals surface area contributed by atoms with E-state index in [0.717, 1.165) is 32.9 Å². The number of thiazole rings is 1. The zero-order valence-corrected chi connectivity index (χ0v) is 18.3. The summed E-state index contributed by atoms with van der Waals surface area (Å²) < 4.78 is 2.03. The van der Waals surface area contributed by atoms with Crippen molar-refractivity contribution in [2.24, 2.45) is 0 Å². The lowest BCUT2D eigenvalue weighted by Crippen LogP contribution is -2.15. The Bertz CT molecular complexity index is 1150. The third-order valence-electron chi connectivity index (χ3n) is 4.48. The number of hydrogen-bond acceptors (Lipinski definition) is 6. The summed E-state index contributed by atoms with van der Waals surface area (Å²) in [6.07, 6.45) is 0. The molecule has 0 saturated carbocycles. The van der Waals surface area contributed by atoms with Gasteiger partial charge in [-0.1, -0.05) is 54.2 Å². The third kappa shape index (κ3) is 4.95. The molecule has 2 heterocycles. The Balaban J connectivity index is 1.39. The predicted octanol–water partition coefficient (Wildman–Crippen LogP) is 4.80. The van der Waals surface area contributed by atoms with Gasteiger partial charge in [0.2, 0.25) is 5.91 Å². The minimum absolute atomic E-state index is 0.0847. The highest BCUT2D eigenvalue weighted by molar-refractivity contribution is 7.99. The third-order valence-corrected chi connectivity index (χ3v) is 6.22. The zero-order valence-electron chi connectivity index (χ0n) is 16.7. The number of aromatic nitrogens is 4. The van der Waals surface area contributed by atoms with E-state index in [1.807, 2.05) is 66.3 Å². The van der Waals surface area contributed by atoms with Crippen molar-refractivity contribution >= 4 is 34.7 Å². The summed E-state index contributed by atoms with van der Waals surface area (Å²) in [5.74, 6) is 0.999. The second-order valence-electron chi connectivity index (χ2n) is 6.77. The van der Waals surface area contributed by atoms with Gasteiger partial charge in [0.15, 0.2) is 5.16 Å². The Labute approximate surface area is 183 Å². The van der Waals surface area contributed by atoms with Crippen LogP contribution in [-0.2, 0) is 11.3 Å². The van der Waals surface area contributed by atoms with E-state index < -0.39 is 0 Å². The summed E-state index contributed by atoms with van der Waals surface area (Å²) in [5, 5.41) is 15.2. The molecule has 4 aromatic rings. The summed E-state index contributed by atoms with van der Waals surface area (Å²) in [7, 11) is 0. The van der Waals surface area contributed by atoms with Gasteiger partial charge in [-0.05, 0) is 31.5 Å². The SMILES string of the molecule is Cc1nc(-c2cccc(NC(=O)CSc3nnc(C)n3Cc3ccccc3)c2)cs1. The first-order valence-corrected chi connectivity index (χ1v) is 11.3. The molecule has 8 heteroatoms. The summed E-state index contributed by atoms with van der Waals surface area (Å²) in [4.78, 5) is 17.0. The van der Waals surface area contributed by atoms with E-state index in [-0.39, 0.29) is 11.7 Å². The lowest BCUT2D eigenvalue weighted by Gasteiger charge is -2.09. The number of rotatable bonds is 7. The molecule has 0 radical (unpaired) electrons. The maximum absolute atomic E-state index is 12.5. The highest BCUT2D eigenvalue weighted by Gasteiger charge is 2.13. The molecule has 6 nitrogen and oxygen atoms in total. The molecule has 1 amide bonds. The molecule has 0 aliphatic rings. The van der Waals surface area contributed by atoms with E-state index in [2.05, 4.69) is 32.6 Å². The number of aryl methyl sites for hydroxylation is 2. The molecular weight excluding hydrogens is 414 g/mol. The van der Waals surface area contributed by atoms with Gasteiger partial charge in [0.05, 0.1) is 23.0 Å². The van der Waals surface area contributed by atoms with Crippen LogP contribution < -0.4 is 5.32 Å². The van der Waals surface area contributed by atoms with Crippen molar-refractivity contribution in [3.05, 3.63) is 76.4 Å². The average Bonchev–Trinajstić information content (AvgIpc) is 3.34. The first-order valence-electron chi connectivity index (χ1n) is 9.47. The molecular formula is C22H21N5OS2. The first-order chi connectivity index (χ1) is 14.6. The lowest BCUT2D eigenvalue weighted by molar-refractivity contribution is -0.113. The van der Waals surface area contributed by atoms with Gasteiger partial charge in [-0.2, -0.15) is 0 Å². The molecule has 0 spiro atoms. The van der Waals surface area contributed by atoms with Crippen LogP contribution in [0.3, 0.4) is 0 Å². The fraction of sp³-hybridized carbons (Fsp3) is 0.182. The number of thioether (sulfide) groups is 1. The Hall–Kier alpha value is -2.97. The van der Waals surface area contributed by atoms with Crippen LogP contribution in [0.2, 0.25) is 0 Å². The molecule has 4 rings (SSSR count). The van der Waals surface area contributed by atoms with Crippen molar-refractivity contribution in [3.8, 4) is 11.3 Å². The standard InChI is InChI=1S/C22H21N5OS2/c1-15-25-26-22(27(15)12-17-7-4-3-5-8-17)30-14-21(28)24-19-10-6-9-18(11-19)20-13-29-16(2)23-20/h3-11,13H,12,14H2,1-2H3,(H,24,28). The fourth-order valence-corrected chi connectivity index (χ4v) is 4.40. The quantitative estimate of drug-likeness (QED) is 0.422. The second kappa shape index (κ2) is 9.23. The summed E-state index contributed by atoms with van der Waals surface area (Å²) >= 11 is 3.00. The van der Waals surface area contributed by atoms with Gasteiger partial charge in [0.25, 0.3) is 0 Å². The van der Waals surface area contributed by atoms with Gasteiger partial charge in [0, 0.05) is 16.6 Å². The molecule has 0 fully saturated rings. The van der Waals surface area contributed by atoms with Crippen LogP contribution in [0.5, 0.6) is 0 Å². The van der Waals surface area contributed by atoms with Crippen LogP contribution in [0, 0.1) is 13.8 Å². The van der Waals surface area contributed by atoms with Gasteiger partial charge in [-0.25, -0.2) is 4.98 Å². The largest absolute Gasteiger partial charge is 0.325 e. The molecule has 0 atom stereocenters. The molecule has 2 aromatic carbocycles. The second-order valence-corrected chi connectivity index (χ2v) is 8.78. The van der Waals surface area contributed by atoms with Crippen molar-refractivity contribution in [2.45, 2.75) is 25.5 Å². The van der Waals surface area contributed by atoms with Crippen LogP contribution >= 0.6 is 23.1 Å². The molecule has 30 heavy (non-hydrogen) atoms. The summed E-state index contributed by atoms with van der Waals surface area (Å²) in [6, 6.07) is 17.9. The Morgan fingerprint density at radius 1 is 1.10 bits per heavy atom. The van der Waals surface area contributed by atoms with E-state index in [1.54, 1.807) is 11.3 Å². The molecule has 0 unspecified atom stereocenters. The van der Waals surface area contributed by atoms with Gasteiger partial charge in [0.1, 0.15) is 5.82 Å². The van der Waals surface area contributed by atoms with Gasteiger partial charge >= 0.3 is 0 Å². The van der Waals surface area contributed by atoms with Crippen LogP contribution in [0.15, 0.2) is 65.1 Å². The van der Waals surface area contributed by atoms with Crippen molar-refractivity contribution in [2.75, 3.05) is 11.1 Å². The van der Waals surface area contributed by atoms with Crippen LogP contribution in [0.1, 0.15) is 16.4 Å². The highest BCUT2D eigenvalue weighted by Crippen LogP contribution is 2.25. The normalized spacial score (nSPS) is 10.9. The minimum atomic E-state index is -0.0847. The molecule has 0 aliphatic heterocycles. The Morgan fingerprint density at radius 3 is 2.70 bits per heavy atom. The van der Waals surface area contributed by atoms with E-state index >= 15 is 0 Å². The van der Waals surface area contributed by atoms with Gasteiger partial charge in [-0.3, -0.25) is 4.79 Å². The minimum Gasteiger partial charge on any atom is -0.325 e. The topological polar surface area (TPSA) is 72.7 Å². The fourth-order valence-electron chi connectivity index (χ4n) is 3.00. The Morgan fingerprint density at radius 2 is 1.93 bits per heavy atom.